The van der Waals surface area contributed by atoms with Gasteiger partial charge >= 0.3 is 0 Å². The van der Waals surface area contributed by atoms with Gasteiger partial charge in [0.25, 0.3) is 5.91 Å². The van der Waals surface area contributed by atoms with Gasteiger partial charge in [0.2, 0.25) is 0 Å². The summed E-state index contributed by atoms with van der Waals surface area (Å²) in [6, 6.07) is 11.2. The minimum absolute atomic E-state index is 0.0278. The van der Waals surface area contributed by atoms with Crippen molar-refractivity contribution >= 4 is 11.6 Å². The van der Waals surface area contributed by atoms with E-state index in [4.69, 9.17) is 9.57 Å². The maximum absolute atomic E-state index is 13.0. The summed E-state index contributed by atoms with van der Waals surface area (Å²) in [5.74, 6) is 0.566. The van der Waals surface area contributed by atoms with Crippen LogP contribution >= 0.6 is 0 Å². The van der Waals surface area contributed by atoms with Gasteiger partial charge in [0.05, 0.1) is 24.9 Å². The molecule has 2 aliphatic rings. The Morgan fingerprint density at radius 1 is 1.27 bits per heavy atom. The van der Waals surface area contributed by atoms with E-state index in [2.05, 4.69) is 10.1 Å². The molecule has 26 heavy (non-hydrogen) atoms. The summed E-state index contributed by atoms with van der Waals surface area (Å²) < 4.78 is 5.34. The predicted molar refractivity (Wildman–Crippen MR) is 97.3 cm³/mol. The van der Waals surface area contributed by atoms with Gasteiger partial charge in [0.15, 0.2) is 5.60 Å². The van der Waals surface area contributed by atoms with Gasteiger partial charge in [0, 0.05) is 30.9 Å². The van der Waals surface area contributed by atoms with Gasteiger partial charge < -0.3 is 14.5 Å². The maximum atomic E-state index is 13.0. The number of aromatic nitrogens is 1. The van der Waals surface area contributed by atoms with Crippen molar-refractivity contribution < 1.29 is 14.4 Å². The normalized spacial score (nSPS) is 22.0. The molecular formula is C20H21N3O3. The van der Waals surface area contributed by atoms with Gasteiger partial charge in [0.1, 0.15) is 5.75 Å². The number of piperidine rings is 1. The van der Waals surface area contributed by atoms with Gasteiger partial charge in [-0.15, -0.1) is 0 Å². The molecule has 6 heteroatoms. The number of pyridine rings is 1. The second kappa shape index (κ2) is 6.78. The van der Waals surface area contributed by atoms with E-state index in [-0.39, 0.29) is 5.91 Å². The standard InChI is InChI=1S/C20H21N3O3/c1-25-18-8-3-2-7-16(18)19(24)23-11-5-9-20(14-23)12-17(22-26-20)15-6-4-10-21-13-15/h2-4,6-8,10,13H,5,9,11-12,14H2,1H3. The van der Waals surface area contributed by atoms with Gasteiger partial charge in [-0.25, -0.2) is 0 Å². The third-order valence-electron chi connectivity index (χ3n) is 5.00. The van der Waals surface area contributed by atoms with E-state index in [0.29, 0.717) is 30.8 Å². The summed E-state index contributed by atoms with van der Waals surface area (Å²) in [6.07, 6.45) is 5.99. The van der Waals surface area contributed by atoms with Crippen LogP contribution in [0.5, 0.6) is 5.75 Å². The minimum atomic E-state index is -0.443. The molecule has 3 heterocycles. The number of para-hydroxylation sites is 1. The van der Waals surface area contributed by atoms with Gasteiger partial charge in [-0.2, -0.15) is 0 Å². The van der Waals surface area contributed by atoms with Crippen molar-refractivity contribution in [2.24, 2.45) is 5.16 Å². The maximum Gasteiger partial charge on any atom is 0.257 e. The summed E-state index contributed by atoms with van der Waals surface area (Å²) in [5.41, 5.74) is 2.00. The SMILES string of the molecule is COc1ccccc1C(=O)N1CCCC2(CC(c3cccnc3)=NO2)C1. The zero-order valence-electron chi connectivity index (χ0n) is 14.7. The quantitative estimate of drug-likeness (QED) is 0.853. The summed E-state index contributed by atoms with van der Waals surface area (Å²) in [4.78, 5) is 24.9. The van der Waals surface area contributed by atoms with E-state index in [0.717, 1.165) is 24.1 Å². The lowest BCUT2D eigenvalue weighted by atomic mass is 9.86. The van der Waals surface area contributed by atoms with Crippen LogP contribution in [0.4, 0.5) is 0 Å². The van der Waals surface area contributed by atoms with Crippen LogP contribution < -0.4 is 4.74 Å². The van der Waals surface area contributed by atoms with Crippen LogP contribution in [0.25, 0.3) is 0 Å². The monoisotopic (exact) mass is 351 g/mol. The highest BCUT2D eigenvalue weighted by Crippen LogP contribution is 2.35. The lowest BCUT2D eigenvalue weighted by Gasteiger charge is -2.38. The van der Waals surface area contributed by atoms with E-state index in [1.165, 1.54) is 0 Å². The Morgan fingerprint density at radius 3 is 2.96 bits per heavy atom. The first kappa shape index (κ1) is 16.6. The number of benzene rings is 1. The topological polar surface area (TPSA) is 64.0 Å². The zero-order chi connectivity index (χ0) is 18.0. The van der Waals surface area contributed by atoms with E-state index in [1.54, 1.807) is 25.6 Å². The summed E-state index contributed by atoms with van der Waals surface area (Å²) in [7, 11) is 1.58. The summed E-state index contributed by atoms with van der Waals surface area (Å²) >= 11 is 0. The van der Waals surface area contributed by atoms with E-state index < -0.39 is 5.60 Å². The molecule has 134 valence electrons. The van der Waals surface area contributed by atoms with E-state index in [1.807, 2.05) is 35.2 Å². The lowest BCUT2D eigenvalue weighted by molar-refractivity contribution is -0.0619. The summed E-state index contributed by atoms with van der Waals surface area (Å²) in [5, 5.41) is 4.30. The van der Waals surface area contributed by atoms with Gasteiger partial charge in [-0.3, -0.25) is 9.78 Å². The first-order valence-electron chi connectivity index (χ1n) is 8.78. The number of nitrogens with zero attached hydrogens (tertiary/aromatic N) is 3. The van der Waals surface area contributed by atoms with Gasteiger partial charge in [-0.05, 0) is 37.1 Å². The van der Waals surface area contributed by atoms with Crippen molar-refractivity contribution in [1.29, 1.82) is 0 Å². The number of hydrogen-bond acceptors (Lipinski definition) is 5. The number of carbonyl (C=O) groups is 1. The molecule has 1 atom stereocenters. The molecule has 1 spiro atoms. The smallest absolute Gasteiger partial charge is 0.257 e. The molecule has 1 amide bonds. The minimum Gasteiger partial charge on any atom is -0.496 e. The zero-order valence-corrected chi connectivity index (χ0v) is 14.7. The highest BCUT2D eigenvalue weighted by Gasteiger charge is 2.44. The Kier molecular flexibility index (Phi) is 4.32. The molecule has 1 aromatic heterocycles. The number of likely N-dealkylation sites (tertiary alicyclic amines) is 1. The van der Waals surface area contributed by atoms with Crippen LogP contribution in [0.15, 0.2) is 53.9 Å². The molecule has 0 bridgehead atoms. The van der Waals surface area contributed by atoms with Gasteiger partial charge in [-0.1, -0.05) is 17.3 Å². The van der Waals surface area contributed by atoms with E-state index >= 15 is 0 Å². The number of rotatable bonds is 3. The molecule has 0 aliphatic carbocycles. The Labute approximate surface area is 152 Å². The Hall–Kier alpha value is -2.89. The Morgan fingerprint density at radius 2 is 2.15 bits per heavy atom. The third-order valence-corrected chi connectivity index (χ3v) is 5.00. The first-order chi connectivity index (χ1) is 12.7. The fourth-order valence-corrected chi connectivity index (χ4v) is 3.69. The predicted octanol–water partition coefficient (Wildman–Crippen LogP) is 2.89. The molecule has 2 aliphatic heterocycles. The van der Waals surface area contributed by atoms with Crippen molar-refractivity contribution in [2.45, 2.75) is 24.9 Å². The molecule has 1 aromatic carbocycles. The lowest BCUT2D eigenvalue weighted by Crippen LogP contribution is -2.50. The van der Waals surface area contributed by atoms with Crippen LogP contribution in [0.2, 0.25) is 0 Å². The number of oxime groups is 1. The fraction of sp³-hybridized carbons (Fsp3) is 0.350. The third kappa shape index (κ3) is 3.03. The second-order valence-electron chi connectivity index (χ2n) is 6.76. The summed E-state index contributed by atoms with van der Waals surface area (Å²) in [6.45, 7) is 1.24. The molecule has 1 unspecified atom stereocenters. The number of amides is 1. The van der Waals surface area contributed by atoms with Crippen molar-refractivity contribution in [2.75, 3.05) is 20.2 Å². The highest BCUT2D eigenvalue weighted by atomic mass is 16.7. The molecule has 6 nitrogen and oxygen atoms in total. The Bertz CT molecular complexity index is 837. The Balaban J connectivity index is 1.51. The van der Waals surface area contributed by atoms with Crippen LogP contribution in [0.3, 0.4) is 0 Å². The van der Waals surface area contributed by atoms with Crippen molar-refractivity contribution in [3.05, 3.63) is 59.9 Å². The molecular weight excluding hydrogens is 330 g/mol. The van der Waals surface area contributed by atoms with Crippen LogP contribution in [0.1, 0.15) is 35.2 Å². The number of hydrogen-bond donors (Lipinski definition) is 0. The number of carbonyl (C=O) groups excluding carboxylic acids is 1. The largest absolute Gasteiger partial charge is 0.496 e. The molecule has 4 rings (SSSR count). The highest BCUT2D eigenvalue weighted by molar-refractivity contribution is 6.01. The van der Waals surface area contributed by atoms with E-state index in [9.17, 15) is 4.79 Å². The van der Waals surface area contributed by atoms with Crippen LogP contribution in [-0.2, 0) is 4.84 Å². The number of ether oxygens (including phenoxy) is 1. The molecule has 0 N–H and O–H groups in total. The molecule has 1 saturated heterocycles. The molecule has 0 saturated carbocycles. The average molecular weight is 351 g/mol. The van der Waals surface area contributed by atoms with Crippen LogP contribution in [0, 0.1) is 0 Å². The fourth-order valence-electron chi connectivity index (χ4n) is 3.69. The number of methoxy groups -OCH3 is 1. The first-order valence-corrected chi connectivity index (χ1v) is 8.78. The van der Waals surface area contributed by atoms with Crippen molar-refractivity contribution in [3.8, 4) is 5.75 Å². The molecule has 2 aromatic rings. The average Bonchev–Trinajstić information content (AvgIpc) is 3.11. The second-order valence-corrected chi connectivity index (χ2v) is 6.76. The molecule has 0 radical (unpaired) electrons. The van der Waals surface area contributed by atoms with Crippen molar-refractivity contribution in [1.82, 2.24) is 9.88 Å². The van der Waals surface area contributed by atoms with Crippen LogP contribution in [-0.4, -0.2) is 47.3 Å². The van der Waals surface area contributed by atoms with Crippen molar-refractivity contribution in [3.63, 3.8) is 0 Å². The molecule has 1 fully saturated rings.